The van der Waals surface area contributed by atoms with E-state index in [0.29, 0.717) is 32.9 Å². The van der Waals surface area contributed by atoms with Gasteiger partial charge in [0.05, 0.1) is 5.02 Å². The van der Waals surface area contributed by atoms with Crippen LogP contribution in [0.25, 0.3) is 0 Å². The van der Waals surface area contributed by atoms with Crippen LogP contribution in [0.4, 0.5) is 11.4 Å². The summed E-state index contributed by atoms with van der Waals surface area (Å²) in [5.74, 6) is 0.364. The number of benzene rings is 3. The molecule has 0 radical (unpaired) electrons. The summed E-state index contributed by atoms with van der Waals surface area (Å²) in [6.07, 6.45) is 0. The molecule has 3 aromatic rings. The summed E-state index contributed by atoms with van der Waals surface area (Å²) in [4.78, 5) is 24.1. The molecule has 0 atom stereocenters. The van der Waals surface area contributed by atoms with Crippen molar-refractivity contribution in [2.45, 2.75) is 6.92 Å². The summed E-state index contributed by atoms with van der Waals surface area (Å²) in [7, 11) is 0. The highest BCUT2D eigenvalue weighted by atomic mass is 35.5. The maximum atomic E-state index is 12.1. The molecule has 2 amide bonds. The number of hydrogen-bond donors (Lipinski definition) is 2. The summed E-state index contributed by atoms with van der Waals surface area (Å²) in [5.41, 5.74) is 2.20. The first kappa shape index (κ1) is 22.5. The Labute approximate surface area is 190 Å². The zero-order valence-electron chi connectivity index (χ0n) is 16.7. The van der Waals surface area contributed by atoms with Crippen LogP contribution >= 0.6 is 23.2 Å². The van der Waals surface area contributed by atoms with Crippen LogP contribution in [0.15, 0.2) is 66.7 Å². The Morgan fingerprint density at radius 3 is 2.00 bits per heavy atom. The second-order valence-electron chi connectivity index (χ2n) is 6.64. The average molecular weight is 459 g/mol. The van der Waals surface area contributed by atoms with Gasteiger partial charge in [-0.3, -0.25) is 9.59 Å². The SMILES string of the molecule is Cc1cccc(OCC(=O)Nc2ccc(NC(=O)COc3ccc(Cl)cc3Cl)cc2)c1. The molecule has 2 N–H and O–H groups in total. The number of carbonyl (C=O) groups excluding carboxylic acids is 2. The number of rotatable bonds is 8. The fourth-order valence-electron chi connectivity index (χ4n) is 2.62. The number of anilines is 2. The van der Waals surface area contributed by atoms with Gasteiger partial charge in [-0.1, -0.05) is 35.3 Å². The van der Waals surface area contributed by atoms with Crippen LogP contribution in [-0.4, -0.2) is 25.0 Å². The van der Waals surface area contributed by atoms with E-state index in [1.165, 1.54) is 6.07 Å². The molecular weight excluding hydrogens is 439 g/mol. The summed E-state index contributed by atoms with van der Waals surface area (Å²) in [5, 5.41) is 6.25. The van der Waals surface area contributed by atoms with Gasteiger partial charge in [0.2, 0.25) is 0 Å². The molecule has 0 aliphatic heterocycles. The van der Waals surface area contributed by atoms with Crippen LogP contribution in [-0.2, 0) is 9.59 Å². The molecule has 0 aliphatic carbocycles. The molecule has 3 aromatic carbocycles. The van der Waals surface area contributed by atoms with Gasteiger partial charge in [-0.2, -0.15) is 0 Å². The normalized spacial score (nSPS) is 10.3. The summed E-state index contributed by atoms with van der Waals surface area (Å²) >= 11 is 11.8. The zero-order chi connectivity index (χ0) is 22.2. The van der Waals surface area contributed by atoms with E-state index < -0.39 is 0 Å². The molecular formula is C23H20Cl2N2O4. The quantitative estimate of drug-likeness (QED) is 0.477. The molecule has 0 aromatic heterocycles. The lowest BCUT2D eigenvalue weighted by Gasteiger charge is -2.10. The van der Waals surface area contributed by atoms with E-state index in [2.05, 4.69) is 10.6 Å². The average Bonchev–Trinajstić information content (AvgIpc) is 2.73. The molecule has 0 bridgehead atoms. The lowest BCUT2D eigenvalue weighted by Crippen LogP contribution is -2.21. The van der Waals surface area contributed by atoms with Crippen molar-refractivity contribution in [3.05, 3.63) is 82.3 Å². The van der Waals surface area contributed by atoms with Gasteiger partial charge in [-0.05, 0) is 67.1 Å². The van der Waals surface area contributed by atoms with E-state index in [9.17, 15) is 9.59 Å². The van der Waals surface area contributed by atoms with Gasteiger partial charge >= 0.3 is 0 Å². The third-order valence-electron chi connectivity index (χ3n) is 4.06. The smallest absolute Gasteiger partial charge is 0.262 e. The van der Waals surface area contributed by atoms with Crippen LogP contribution < -0.4 is 20.1 Å². The molecule has 0 saturated heterocycles. The molecule has 0 fully saturated rings. The van der Waals surface area contributed by atoms with Gasteiger partial charge < -0.3 is 20.1 Å². The third-order valence-corrected chi connectivity index (χ3v) is 4.60. The Balaban J connectivity index is 1.44. The predicted octanol–water partition coefficient (Wildman–Crippen LogP) is 5.34. The molecule has 31 heavy (non-hydrogen) atoms. The van der Waals surface area contributed by atoms with Gasteiger partial charge in [0, 0.05) is 16.4 Å². The summed E-state index contributed by atoms with van der Waals surface area (Å²) in [6, 6.07) is 18.9. The molecule has 0 aliphatic rings. The standard InChI is InChI=1S/C23H20Cl2N2O4/c1-15-3-2-4-19(11-15)30-13-22(28)26-17-6-8-18(9-7-17)27-23(29)14-31-21-10-5-16(24)12-20(21)25/h2-12H,13-14H2,1H3,(H,26,28)(H,27,29). The minimum Gasteiger partial charge on any atom is -0.484 e. The van der Waals surface area contributed by atoms with Crippen LogP contribution in [0.5, 0.6) is 11.5 Å². The molecule has 0 saturated carbocycles. The van der Waals surface area contributed by atoms with Crippen molar-refractivity contribution >= 4 is 46.4 Å². The van der Waals surface area contributed by atoms with E-state index >= 15 is 0 Å². The number of halogens is 2. The van der Waals surface area contributed by atoms with E-state index in [0.717, 1.165) is 5.56 Å². The zero-order valence-corrected chi connectivity index (χ0v) is 18.2. The van der Waals surface area contributed by atoms with E-state index in [4.69, 9.17) is 32.7 Å². The van der Waals surface area contributed by atoms with Gasteiger partial charge in [0.1, 0.15) is 11.5 Å². The number of ether oxygens (including phenoxy) is 2. The first-order valence-corrected chi connectivity index (χ1v) is 10.1. The predicted molar refractivity (Wildman–Crippen MR) is 122 cm³/mol. The number of amides is 2. The molecule has 0 heterocycles. The van der Waals surface area contributed by atoms with Crippen molar-refractivity contribution in [3.8, 4) is 11.5 Å². The largest absolute Gasteiger partial charge is 0.484 e. The van der Waals surface area contributed by atoms with Crippen molar-refractivity contribution in [1.82, 2.24) is 0 Å². The van der Waals surface area contributed by atoms with Crippen molar-refractivity contribution in [3.63, 3.8) is 0 Å². The monoisotopic (exact) mass is 458 g/mol. The summed E-state index contributed by atoms with van der Waals surface area (Å²) < 4.78 is 10.9. The maximum Gasteiger partial charge on any atom is 0.262 e. The second kappa shape index (κ2) is 10.7. The van der Waals surface area contributed by atoms with Gasteiger partial charge in [0.15, 0.2) is 13.2 Å². The summed E-state index contributed by atoms with van der Waals surface area (Å²) in [6.45, 7) is 1.63. The first-order chi connectivity index (χ1) is 14.9. The van der Waals surface area contributed by atoms with E-state index in [1.54, 1.807) is 42.5 Å². The van der Waals surface area contributed by atoms with Crippen LogP contribution in [0, 0.1) is 6.92 Å². The number of carbonyl (C=O) groups is 2. The molecule has 3 rings (SSSR count). The molecule has 0 spiro atoms. The lowest BCUT2D eigenvalue weighted by molar-refractivity contribution is -0.118. The maximum absolute atomic E-state index is 12.1. The van der Waals surface area contributed by atoms with Gasteiger partial charge in [0.25, 0.3) is 11.8 Å². The highest BCUT2D eigenvalue weighted by molar-refractivity contribution is 6.35. The number of aryl methyl sites for hydroxylation is 1. The second-order valence-corrected chi connectivity index (χ2v) is 7.49. The van der Waals surface area contributed by atoms with Gasteiger partial charge in [-0.15, -0.1) is 0 Å². The minimum atomic E-state index is -0.352. The lowest BCUT2D eigenvalue weighted by atomic mass is 10.2. The minimum absolute atomic E-state index is 0.105. The van der Waals surface area contributed by atoms with Crippen LogP contribution in [0.2, 0.25) is 10.0 Å². The van der Waals surface area contributed by atoms with Gasteiger partial charge in [-0.25, -0.2) is 0 Å². The number of nitrogens with one attached hydrogen (secondary N) is 2. The molecule has 0 unspecified atom stereocenters. The fraction of sp³-hybridized carbons (Fsp3) is 0.130. The highest BCUT2D eigenvalue weighted by Crippen LogP contribution is 2.27. The van der Waals surface area contributed by atoms with Crippen molar-refractivity contribution in [2.75, 3.05) is 23.8 Å². The van der Waals surface area contributed by atoms with E-state index in [1.807, 2.05) is 25.1 Å². The molecule has 6 nitrogen and oxygen atoms in total. The Morgan fingerprint density at radius 1 is 0.806 bits per heavy atom. The third kappa shape index (κ3) is 7.20. The Kier molecular flexibility index (Phi) is 7.76. The highest BCUT2D eigenvalue weighted by Gasteiger charge is 2.08. The molecule has 8 heteroatoms. The number of hydrogen-bond acceptors (Lipinski definition) is 4. The van der Waals surface area contributed by atoms with E-state index in [-0.39, 0.29) is 25.0 Å². The van der Waals surface area contributed by atoms with Crippen LogP contribution in [0.3, 0.4) is 0 Å². The van der Waals surface area contributed by atoms with Crippen LogP contribution in [0.1, 0.15) is 5.56 Å². The first-order valence-electron chi connectivity index (χ1n) is 9.36. The van der Waals surface area contributed by atoms with Crippen molar-refractivity contribution in [2.24, 2.45) is 0 Å². The Bertz CT molecular complexity index is 1070. The van der Waals surface area contributed by atoms with Crippen molar-refractivity contribution < 1.29 is 19.1 Å². The Morgan fingerprint density at radius 2 is 1.42 bits per heavy atom. The fourth-order valence-corrected chi connectivity index (χ4v) is 3.08. The van der Waals surface area contributed by atoms with Crippen molar-refractivity contribution in [1.29, 1.82) is 0 Å². The Hall–Kier alpha value is -3.22. The molecule has 160 valence electrons. The topological polar surface area (TPSA) is 76.7 Å².